The van der Waals surface area contributed by atoms with E-state index < -0.39 is 0 Å². The van der Waals surface area contributed by atoms with Crippen LogP contribution < -0.4 is 5.32 Å². The number of amides is 1. The largest absolute Gasteiger partial charge is 0.373 e. The molecule has 0 aliphatic rings. The Morgan fingerprint density at radius 3 is 2.70 bits per heavy atom. The van der Waals surface area contributed by atoms with Crippen LogP contribution in [0.4, 0.5) is 10.2 Å². The van der Waals surface area contributed by atoms with Gasteiger partial charge in [0, 0.05) is 36.5 Å². The second-order valence-electron chi connectivity index (χ2n) is 7.02. The highest BCUT2D eigenvalue weighted by Gasteiger charge is 2.14. The first-order valence-electron chi connectivity index (χ1n) is 9.53. The molecule has 0 atom stereocenters. The number of benzene rings is 2. The van der Waals surface area contributed by atoms with Gasteiger partial charge in [-0.25, -0.2) is 14.4 Å². The number of hydrogen-bond donors (Lipinski definition) is 1. The SMILES string of the molecule is CNc1ncnc2ccc(-c3ccc(F)c(CN(C)C(=O)Cc4cccs4)c3)cc12. The van der Waals surface area contributed by atoms with Crippen LogP contribution in [0.3, 0.4) is 0 Å². The molecule has 1 amide bonds. The summed E-state index contributed by atoms with van der Waals surface area (Å²) in [5, 5.41) is 5.91. The summed E-state index contributed by atoms with van der Waals surface area (Å²) in [4.78, 5) is 23.6. The van der Waals surface area contributed by atoms with Gasteiger partial charge in [0.1, 0.15) is 18.0 Å². The maximum atomic E-state index is 14.5. The van der Waals surface area contributed by atoms with Crippen molar-refractivity contribution in [3.8, 4) is 11.1 Å². The summed E-state index contributed by atoms with van der Waals surface area (Å²) in [6.07, 6.45) is 1.85. The van der Waals surface area contributed by atoms with E-state index in [0.29, 0.717) is 12.0 Å². The van der Waals surface area contributed by atoms with Crippen molar-refractivity contribution >= 4 is 34.0 Å². The van der Waals surface area contributed by atoms with Crippen LogP contribution in [0.2, 0.25) is 0 Å². The smallest absolute Gasteiger partial charge is 0.227 e. The summed E-state index contributed by atoms with van der Waals surface area (Å²) in [6, 6.07) is 14.7. The van der Waals surface area contributed by atoms with Crippen molar-refractivity contribution in [2.24, 2.45) is 0 Å². The molecule has 0 radical (unpaired) electrons. The van der Waals surface area contributed by atoms with Crippen molar-refractivity contribution in [3.05, 3.63) is 76.5 Å². The van der Waals surface area contributed by atoms with Crippen LogP contribution in [0.15, 0.2) is 60.2 Å². The zero-order chi connectivity index (χ0) is 21.1. The van der Waals surface area contributed by atoms with Crippen molar-refractivity contribution in [2.75, 3.05) is 19.4 Å². The van der Waals surface area contributed by atoms with E-state index in [9.17, 15) is 9.18 Å². The predicted molar refractivity (Wildman–Crippen MR) is 119 cm³/mol. The van der Waals surface area contributed by atoms with Crippen molar-refractivity contribution in [1.82, 2.24) is 14.9 Å². The van der Waals surface area contributed by atoms with Gasteiger partial charge in [0.05, 0.1) is 11.9 Å². The molecule has 7 heteroatoms. The second kappa shape index (κ2) is 8.59. The zero-order valence-corrected chi connectivity index (χ0v) is 17.5. The van der Waals surface area contributed by atoms with E-state index in [1.54, 1.807) is 35.4 Å². The molecule has 0 saturated carbocycles. The molecule has 0 bridgehead atoms. The van der Waals surface area contributed by atoms with E-state index >= 15 is 0 Å². The molecule has 2 aromatic heterocycles. The molecule has 0 unspecified atom stereocenters. The second-order valence-corrected chi connectivity index (χ2v) is 8.05. The Hall–Kier alpha value is -3.32. The van der Waals surface area contributed by atoms with Crippen molar-refractivity contribution in [2.45, 2.75) is 13.0 Å². The fourth-order valence-corrected chi connectivity index (χ4v) is 4.05. The average Bonchev–Trinajstić information content (AvgIpc) is 3.27. The number of halogens is 1. The van der Waals surface area contributed by atoms with E-state index in [1.165, 1.54) is 12.4 Å². The van der Waals surface area contributed by atoms with Crippen LogP contribution in [0.1, 0.15) is 10.4 Å². The number of fused-ring (bicyclic) bond motifs is 1. The molecule has 2 heterocycles. The van der Waals surface area contributed by atoms with E-state index in [1.807, 2.05) is 42.8 Å². The van der Waals surface area contributed by atoms with E-state index in [2.05, 4.69) is 15.3 Å². The first-order valence-corrected chi connectivity index (χ1v) is 10.4. The topological polar surface area (TPSA) is 58.1 Å². The maximum Gasteiger partial charge on any atom is 0.227 e. The van der Waals surface area contributed by atoms with Crippen LogP contribution in [0.25, 0.3) is 22.0 Å². The van der Waals surface area contributed by atoms with Gasteiger partial charge in [-0.1, -0.05) is 18.2 Å². The number of rotatable bonds is 6. The number of hydrogen-bond acceptors (Lipinski definition) is 5. The Labute approximate surface area is 178 Å². The van der Waals surface area contributed by atoms with Gasteiger partial charge < -0.3 is 10.2 Å². The van der Waals surface area contributed by atoms with E-state index in [0.717, 1.165) is 32.7 Å². The fourth-order valence-electron chi connectivity index (χ4n) is 3.35. The highest BCUT2D eigenvalue weighted by atomic mass is 32.1. The number of aromatic nitrogens is 2. The zero-order valence-electron chi connectivity index (χ0n) is 16.7. The van der Waals surface area contributed by atoms with Crippen molar-refractivity contribution in [3.63, 3.8) is 0 Å². The molecule has 30 heavy (non-hydrogen) atoms. The van der Waals surface area contributed by atoms with Gasteiger partial charge >= 0.3 is 0 Å². The monoisotopic (exact) mass is 420 g/mol. The number of likely N-dealkylation sites (N-methyl/N-ethyl adjacent to an activating group) is 1. The molecule has 1 N–H and O–H groups in total. The summed E-state index contributed by atoms with van der Waals surface area (Å²) in [5.41, 5.74) is 3.12. The van der Waals surface area contributed by atoms with E-state index in [-0.39, 0.29) is 18.3 Å². The number of nitrogens with zero attached hydrogens (tertiary/aromatic N) is 3. The Kier molecular flexibility index (Phi) is 5.72. The van der Waals surface area contributed by atoms with E-state index in [4.69, 9.17) is 0 Å². The summed E-state index contributed by atoms with van der Waals surface area (Å²) in [5.74, 6) is 0.376. The molecule has 0 saturated heterocycles. The Morgan fingerprint density at radius 2 is 1.93 bits per heavy atom. The average molecular weight is 421 g/mol. The van der Waals surface area contributed by atoms with Gasteiger partial charge in [0.2, 0.25) is 5.91 Å². The summed E-state index contributed by atoms with van der Waals surface area (Å²) < 4.78 is 14.5. The number of carbonyl (C=O) groups is 1. The highest BCUT2D eigenvalue weighted by molar-refractivity contribution is 7.10. The quantitative estimate of drug-likeness (QED) is 0.490. The van der Waals surface area contributed by atoms with Crippen LogP contribution in [-0.4, -0.2) is 34.9 Å². The molecule has 0 aliphatic carbocycles. The minimum atomic E-state index is -0.324. The van der Waals surface area contributed by atoms with Gasteiger partial charge in [-0.3, -0.25) is 4.79 Å². The molecule has 0 fully saturated rings. The number of anilines is 1. The first-order chi connectivity index (χ1) is 14.5. The van der Waals surface area contributed by atoms with Crippen LogP contribution >= 0.6 is 11.3 Å². The highest BCUT2D eigenvalue weighted by Crippen LogP contribution is 2.28. The normalized spacial score (nSPS) is 10.9. The Balaban J connectivity index is 1.60. The third-order valence-electron chi connectivity index (χ3n) is 4.99. The van der Waals surface area contributed by atoms with Crippen LogP contribution in [0, 0.1) is 5.82 Å². The fraction of sp³-hybridized carbons (Fsp3) is 0.174. The predicted octanol–water partition coefficient (Wildman–Crippen LogP) is 4.74. The molecule has 4 rings (SSSR count). The molecular weight excluding hydrogens is 399 g/mol. The third-order valence-corrected chi connectivity index (χ3v) is 5.87. The van der Waals surface area contributed by atoms with Crippen molar-refractivity contribution < 1.29 is 9.18 Å². The Morgan fingerprint density at radius 1 is 1.13 bits per heavy atom. The van der Waals surface area contributed by atoms with Crippen LogP contribution in [0.5, 0.6) is 0 Å². The maximum absolute atomic E-state index is 14.5. The lowest BCUT2D eigenvalue weighted by molar-refractivity contribution is -0.129. The van der Waals surface area contributed by atoms with Gasteiger partial charge in [-0.15, -0.1) is 11.3 Å². The Bertz CT molecular complexity index is 1190. The first kappa shape index (κ1) is 20.0. The lowest BCUT2D eigenvalue weighted by Crippen LogP contribution is -2.27. The minimum absolute atomic E-state index is 0.0382. The molecule has 0 spiro atoms. The molecule has 2 aromatic carbocycles. The third kappa shape index (κ3) is 4.16. The molecule has 152 valence electrons. The lowest BCUT2D eigenvalue weighted by Gasteiger charge is -2.18. The summed E-state index contributed by atoms with van der Waals surface area (Å²) >= 11 is 1.54. The van der Waals surface area contributed by atoms with Crippen molar-refractivity contribution in [1.29, 1.82) is 0 Å². The van der Waals surface area contributed by atoms with Crippen LogP contribution in [-0.2, 0) is 17.8 Å². The lowest BCUT2D eigenvalue weighted by atomic mass is 10.0. The summed E-state index contributed by atoms with van der Waals surface area (Å²) in [7, 11) is 3.52. The van der Waals surface area contributed by atoms with Gasteiger partial charge in [0.15, 0.2) is 0 Å². The number of thiophene rings is 1. The van der Waals surface area contributed by atoms with Gasteiger partial charge in [-0.05, 0) is 46.8 Å². The molecule has 4 aromatic rings. The number of carbonyl (C=O) groups excluding carboxylic acids is 1. The summed E-state index contributed by atoms with van der Waals surface area (Å²) in [6.45, 7) is 0.211. The molecular formula is C23H21FN4OS. The van der Waals surface area contributed by atoms with Gasteiger partial charge in [0.25, 0.3) is 0 Å². The number of nitrogens with one attached hydrogen (secondary N) is 1. The molecule has 5 nitrogen and oxygen atoms in total. The molecule has 0 aliphatic heterocycles. The standard InChI is InChI=1S/C23H21FN4OS/c1-25-23-19-11-16(6-8-21(19)26-14-27-23)15-5-7-20(24)17(10-15)13-28(2)22(29)12-18-4-3-9-30-18/h3-11,14H,12-13H2,1-2H3,(H,25,26,27). The minimum Gasteiger partial charge on any atom is -0.373 e. The van der Waals surface area contributed by atoms with Gasteiger partial charge in [-0.2, -0.15) is 0 Å².